The summed E-state index contributed by atoms with van der Waals surface area (Å²) < 4.78 is 0. The predicted octanol–water partition coefficient (Wildman–Crippen LogP) is 6.26. The number of carbonyl (C=O) groups excluding carboxylic acids is 1. The molecule has 4 aliphatic carbocycles. The molecule has 0 aromatic heterocycles. The van der Waals surface area contributed by atoms with Crippen molar-refractivity contribution in [3.63, 3.8) is 0 Å². The second kappa shape index (κ2) is 7.40. The summed E-state index contributed by atoms with van der Waals surface area (Å²) in [6.07, 6.45) is 11.4. The normalized spacial score (nSPS) is 51.9. The topological polar surface area (TPSA) is 37.3 Å². The lowest BCUT2D eigenvalue weighted by atomic mass is 9.41. The molecule has 1 N–H and O–H groups in total. The van der Waals surface area contributed by atoms with E-state index < -0.39 is 0 Å². The molecule has 2 heteroatoms. The van der Waals surface area contributed by atoms with Crippen molar-refractivity contribution in [1.82, 2.24) is 0 Å². The number of hydrogen-bond acceptors (Lipinski definition) is 2. The Morgan fingerprint density at radius 2 is 1.75 bits per heavy atom. The van der Waals surface area contributed by atoms with E-state index in [0.717, 1.165) is 37.5 Å². The fourth-order valence-corrected chi connectivity index (χ4v) is 9.40. The first kappa shape index (κ1) is 20.9. The molecular weight excluding hydrogens is 344 g/mol. The van der Waals surface area contributed by atoms with Gasteiger partial charge in [0.2, 0.25) is 0 Å². The van der Waals surface area contributed by atoms with Gasteiger partial charge in [-0.15, -0.1) is 0 Å². The van der Waals surface area contributed by atoms with Gasteiger partial charge in [0.1, 0.15) is 5.78 Å². The van der Waals surface area contributed by atoms with E-state index in [4.69, 9.17) is 0 Å². The second-order valence-corrected chi connectivity index (χ2v) is 11.7. The number of carbonyl (C=O) groups is 1. The van der Waals surface area contributed by atoms with E-state index in [1.54, 1.807) is 0 Å². The molecule has 4 rings (SSSR count). The highest BCUT2D eigenvalue weighted by atomic mass is 16.3. The van der Waals surface area contributed by atoms with Crippen LogP contribution in [0.4, 0.5) is 0 Å². The summed E-state index contributed by atoms with van der Waals surface area (Å²) in [6.45, 7) is 12.2. The van der Waals surface area contributed by atoms with Crippen LogP contribution in [-0.2, 0) is 4.79 Å². The first-order valence-corrected chi connectivity index (χ1v) is 12.5. The molecule has 4 fully saturated rings. The van der Waals surface area contributed by atoms with Crippen LogP contribution in [0.3, 0.4) is 0 Å². The molecule has 160 valence electrons. The molecule has 2 nitrogen and oxygen atoms in total. The number of aliphatic hydroxyl groups is 1. The fraction of sp³-hybridized carbons (Fsp3) is 0.962. The average Bonchev–Trinajstić information content (AvgIpc) is 3.01. The van der Waals surface area contributed by atoms with E-state index in [0.29, 0.717) is 40.8 Å². The molecule has 5 unspecified atom stereocenters. The van der Waals surface area contributed by atoms with E-state index in [-0.39, 0.29) is 11.5 Å². The summed E-state index contributed by atoms with van der Waals surface area (Å²) in [4.78, 5) is 12.3. The standard InChI is InChI=1S/C26H44O2/c1-6-8-16(3)19-9-10-20-23-21(12-14-25(19,20)4)26(5)13-11-17(27)15-22(26)18(7-2)24(23)28/h16,18-24,28H,6-15H2,1-5H3/t16-,18-,19?,20?,21?,22+,23?,24?,25-,26-/m1/s1. The first-order chi connectivity index (χ1) is 13.3. The van der Waals surface area contributed by atoms with Crippen molar-refractivity contribution in [3.05, 3.63) is 0 Å². The van der Waals surface area contributed by atoms with Crippen molar-refractivity contribution in [2.45, 2.75) is 105 Å². The third kappa shape index (κ3) is 2.87. The Kier molecular flexibility index (Phi) is 5.52. The molecule has 0 heterocycles. The zero-order chi connectivity index (χ0) is 20.3. The summed E-state index contributed by atoms with van der Waals surface area (Å²) in [7, 11) is 0. The second-order valence-electron chi connectivity index (χ2n) is 11.7. The number of ketones is 1. The summed E-state index contributed by atoms with van der Waals surface area (Å²) in [6, 6.07) is 0. The Bertz CT molecular complexity index is 599. The third-order valence-electron chi connectivity index (χ3n) is 10.7. The van der Waals surface area contributed by atoms with Crippen molar-refractivity contribution in [3.8, 4) is 0 Å². The summed E-state index contributed by atoms with van der Waals surface area (Å²) in [5, 5.41) is 11.7. The van der Waals surface area contributed by atoms with Crippen molar-refractivity contribution < 1.29 is 9.90 Å². The van der Waals surface area contributed by atoms with E-state index in [1.165, 1.54) is 38.5 Å². The van der Waals surface area contributed by atoms with Gasteiger partial charge in [-0.1, -0.05) is 53.9 Å². The van der Waals surface area contributed by atoms with Crippen molar-refractivity contribution >= 4 is 5.78 Å². The van der Waals surface area contributed by atoms with Crippen LogP contribution in [0, 0.1) is 52.3 Å². The van der Waals surface area contributed by atoms with Gasteiger partial charge in [0.15, 0.2) is 0 Å². The lowest BCUT2D eigenvalue weighted by Crippen LogP contribution is -2.61. The SMILES string of the molecule is CCC[C@@H](C)C1CCC2C3C(O)[C@H](CC)[C@@H]4CC(=O)CC[C@]4(C)C3CC[C@@]21C. The van der Waals surface area contributed by atoms with Gasteiger partial charge >= 0.3 is 0 Å². The van der Waals surface area contributed by atoms with Crippen LogP contribution in [0.2, 0.25) is 0 Å². The highest BCUT2D eigenvalue weighted by Crippen LogP contribution is 2.69. The summed E-state index contributed by atoms with van der Waals surface area (Å²) in [5.74, 6) is 4.62. The molecule has 4 aliphatic rings. The van der Waals surface area contributed by atoms with E-state index in [9.17, 15) is 9.90 Å². The first-order valence-electron chi connectivity index (χ1n) is 12.5. The molecule has 4 saturated carbocycles. The van der Waals surface area contributed by atoms with Crippen LogP contribution >= 0.6 is 0 Å². The Hall–Kier alpha value is -0.370. The van der Waals surface area contributed by atoms with Crippen LogP contribution in [-0.4, -0.2) is 17.0 Å². The van der Waals surface area contributed by atoms with Gasteiger partial charge in [0.25, 0.3) is 0 Å². The maximum Gasteiger partial charge on any atom is 0.133 e. The molecule has 0 aromatic rings. The molecule has 0 amide bonds. The Morgan fingerprint density at radius 3 is 2.43 bits per heavy atom. The molecule has 0 bridgehead atoms. The van der Waals surface area contributed by atoms with E-state index in [1.807, 2.05) is 0 Å². The van der Waals surface area contributed by atoms with Gasteiger partial charge < -0.3 is 5.11 Å². The number of hydrogen-bond donors (Lipinski definition) is 1. The minimum atomic E-state index is -0.191. The number of fused-ring (bicyclic) bond motifs is 5. The largest absolute Gasteiger partial charge is 0.393 e. The summed E-state index contributed by atoms with van der Waals surface area (Å²) >= 11 is 0. The molecule has 0 aliphatic heterocycles. The molecular formula is C26H44O2. The fourth-order valence-electron chi connectivity index (χ4n) is 9.40. The minimum absolute atomic E-state index is 0.191. The smallest absolute Gasteiger partial charge is 0.133 e. The van der Waals surface area contributed by atoms with E-state index >= 15 is 0 Å². The van der Waals surface area contributed by atoms with Crippen molar-refractivity contribution in [2.24, 2.45) is 52.3 Å². The monoisotopic (exact) mass is 388 g/mol. The highest BCUT2D eigenvalue weighted by molar-refractivity contribution is 5.79. The number of Topliss-reactive ketones (excluding diaryl/α,β-unsaturated/α-hetero) is 1. The van der Waals surface area contributed by atoms with Crippen molar-refractivity contribution in [2.75, 3.05) is 0 Å². The minimum Gasteiger partial charge on any atom is -0.393 e. The lowest BCUT2D eigenvalue weighted by Gasteiger charge is -2.64. The van der Waals surface area contributed by atoms with Gasteiger partial charge in [0.05, 0.1) is 6.10 Å². The van der Waals surface area contributed by atoms with Gasteiger partial charge in [-0.05, 0) is 84.4 Å². The van der Waals surface area contributed by atoms with Crippen LogP contribution in [0.1, 0.15) is 98.8 Å². The zero-order valence-corrected chi connectivity index (χ0v) is 19.0. The van der Waals surface area contributed by atoms with Crippen LogP contribution in [0.5, 0.6) is 0 Å². The van der Waals surface area contributed by atoms with Gasteiger partial charge in [-0.3, -0.25) is 4.79 Å². The summed E-state index contributed by atoms with van der Waals surface area (Å²) in [5.41, 5.74) is 0.690. The van der Waals surface area contributed by atoms with Gasteiger partial charge in [0, 0.05) is 12.8 Å². The van der Waals surface area contributed by atoms with Gasteiger partial charge in [-0.25, -0.2) is 0 Å². The Morgan fingerprint density at radius 1 is 1.04 bits per heavy atom. The van der Waals surface area contributed by atoms with Crippen molar-refractivity contribution in [1.29, 1.82) is 0 Å². The number of aliphatic hydroxyl groups excluding tert-OH is 1. The van der Waals surface area contributed by atoms with Crippen LogP contribution in [0.25, 0.3) is 0 Å². The Labute approximate surface area is 173 Å². The molecule has 0 aromatic carbocycles. The predicted molar refractivity (Wildman–Crippen MR) is 115 cm³/mol. The molecule has 28 heavy (non-hydrogen) atoms. The third-order valence-corrected chi connectivity index (χ3v) is 10.7. The highest BCUT2D eigenvalue weighted by Gasteiger charge is 2.64. The lowest BCUT2D eigenvalue weighted by molar-refractivity contribution is -0.194. The molecule has 0 radical (unpaired) electrons. The maximum atomic E-state index is 12.3. The Balaban J connectivity index is 1.67. The maximum absolute atomic E-state index is 12.3. The van der Waals surface area contributed by atoms with Crippen LogP contribution < -0.4 is 0 Å². The molecule has 0 saturated heterocycles. The average molecular weight is 389 g/mol. The van der Waals surface area contributed by atoms with Crippen LogP contribution in [0.15, 0.2) is 0 Å². The zero-order valence-electron chi connectivity index (χ0n) is 19.0. The molecule has 0 spiro atoms. The molecule has 10 atom stereocenters. The number of rotatable bonds is 4. The van der Waals surface area contributed by atoms with Gasteiger partial charge in [-0.2, -0.15) is 0 Å². The van der Waals surface area contributed by atoms with E-state index in [2.05, 4.69) is 34.6 Å². The quantitative estimate of drug-likeness (QED) is 0.617.